The Kier molecular flexibility index (Phi) is 7.55. The van der Waals surface area contributed by atoms with Gasteiger partial charge in [0.05, 0.1) is 11.1 Å². The number of hydrogen-bond acceptors (Lipinski definition) is 7. The summed E-state index contributed by atoms with van der Waals surface area (Å²) in [5, 5.41) is 6.04. The average molecular weight is 550 g/mol. The monoisotopic (exact) mass is 549 g/mol. The van der Waals surface area contributed by atoms with E-state index >= 15 is 0 Å². The average Bonchev–Trinajstić information content (AvgIpc) is 3.44. The Morgan fingerprint density at radius 3 is 2.65 bits per heavy atom. The van der Waals surface area contributed by atoms with Gasteiger partial charge in [-0.25, -0.2) is 4.98 Å². The lowest BCUT2D eigenvalue weighted by Crippen LogP contribution is -2.43. The molecule has 2 aromatic carbocycles. The van der Waals surface area contributed by atoms with E-state index in [1.54, 1.807) is 35.9 Å². The molecular weight excluding hydrogens is 518 g/mol. The molecule has 0 bridgehead atoms. The maximum Gasteiger partial charge on any atom is 0.255 e. The number of ether oxygens (including phenoxy) is 1. The molecule has 1 saturated heterocycles. The van der Waals surface area contributed by atoms with Crippen molar-refractivity contribution in [3.8, 4) is 22.8 Å². The summed E-state index contributed by atoms with van der Waals surface area (Å²) in [4.78, 5) is 27.9. The lowest BCUT2D eigenvalue weighted by molar-refractivity contribution is 0.102. The van der Waals surface area contributed by atoms with Crippen LogP contribution in [0.1, 0.15) is 21.5 Å². The van der Waals surface area contributed by atoms with E-state index in [4.69, 9.17) is 9.72 Å². The Balaban J connectivity index is 1.20. The van der Waals surface area contributed by atoms with E-state index in [9.17, 15) is 4.79 Å². The standard InChI is InChI=1S/C32H31N5O2S/c1-22-16-23(21-37-13-11-36(2)12-14-37)18-26(17-22)34-31(38)25-4-3-5-27(19-25)39-30-20-29(24-6-9-33-10-7-24)35-32-28(30)8-15-40-32/h3-10,15-20H,11-14,21H2,1-2H3,(H,34,38). The van der Waals surface area contributed by atoms with E-state index in [2.05, 4.69) is 46.2 Å². The molecule has 5 aromatic rings. The van der Waals surface area contributed by atoms with Gasteiger partial charge in [-0.05, 0) is 79.0 Å². The number of amides is 1. The number of thiophene rings is 1. The first-order chi connectivity index (χ1) is 19.5. The van der Waals surface area contributed by atoms with Gasteiger partial charge in [-0.2, -0.15) is 0 Å². The summed E-state index contributed by atoms with van der Waals surface area (Å²) in [7, 11) is 2.16. The zero-order chi connectivity index (χ0) is 27.5. The Bertz CT molecular complexity index is 1640. The van der Waals surface area contributed by atoms with Gasteiger partial charge >= 0.3 is 0 Å². The number of pyridine rings is 2. The molecule has 1 aliphatic rings. The van der Waals surface area contributed by atoms with Crippen LogP contribution in [0.3, 0.4) is 0 Å². The molecule has 1 fully saturated rings. The fourth-order valence-electron chi connectivity index (χ4n) is 5.00. The van der Waals surface area contributed by atoms with Crippen molar-refractivity contribution in [2.75, 3.05) is 38.5 Å². The highest BCUT2D eigenvalue weighted by atomic mass is 32.1. The van der Waals surface area contributed by atoms with E-state index in [1.165, 1.54) is 5.56 Å². The van der Waals surface area contributed by atoms with Crippen molar-refractivity contribution in [2.45, 2.75) is 13.5 Å². The van der Waals surface area contributed by atoms with E-state index < -0.39 is 0 Å². The second kappa shape index (κ2) is 11.6. The normalized spacial score (nSPS) is 14.3. The topological polar surface area (TPSA) is 70.6 Å². The van der Waals surface area contributed by atoms with E-state index in [1.807, 2.05) is 47.8 Å². The number of benzene rings is 2. The van der Waals surface area contributed by atoms with Crippen LogP contribution in [0.15, 0.2) is 84.5 Å². The second-order valence-electron chi connectivity index (χ2n) is 10.3. The van der Waals surface area contributed by atoms with Gasteiger partial charge in [0.15, 0.2) is 0 Å². The van der Waals surface area contributed by atoms with Crippen LogP contribution in [0.5, 0.6) is 11.5 Å². The van der Waals surface area contributed by atoms with Gasteiger partial charge in [-0.15, -0.1) is 11.3 Å². The second-order valence-corrected chi connectivity index (χ2v) is 11.1. The Morgan fingerprint density at radius 1 is 1.00 bits per heavy atom. The number of nitrogens with one attached hydrogen (secondary N) is 1. The van der Waals surface area contributed by atoms with E-state index in [-0.39, 0.29) is 5.91 Å². The molecule has 202 valence electrons. The number of piperazine rings is 1. The van der Waals surface area contributed by atoms with Crippen molar-refractivity contribution in [1.29, 1.82) is 0 Å². The summed E-state index contributed by atoms with van der Waals surface area (Å²) in [5.74, 6) is 1.12. The Hall–Kier alpha value is -4.11. The molecule has 0 aliphatic carbocycles. The van der Waals surface area contributed by atoms with Crippen LogP contribution in [-0.4, -0.2) is 58.9 Å². The van der Waals surface area contributed by atoms with Gasteiger partial charge in [-0.3, -0.25) is 14.7 Å². The number of hydrogen-bond donors (Lipinski definition) is 1. The number of aryl methyl sites for hydroxylation is 1. The maximum absolute atomic E-state index is 13.3. The summed E-state index contributed by atoms with van der Waals surface area (Å²) in [6.45, 7) is 7.22. The smallest absolute Gasteiger partial charge is 0.255 e. The van der Waals surface area contributed by atoms with Crippen molar-refractivity contribution in [1.82, 2.24) is 19.8 Å². The lowest BCUT2D eigenvalue weighted by Gasteiger charge is -2.32. The number of likely N-dealkylation sites (N-methyl/N-ethyl adjacent to an activating group) is 1. The van der Waals surface area contributed by atoms with Gasteiger partial charge in [0.25, 0.3) is 5.91 Å². The molecule has 3 aromatic heterocycles. The summed E-state index contributed by atoms with van der Waals surface area (Å²) in [6.07, 6.45) is 3.50. The number of anilines is 1. The van der Waals surface area contributed by atoms with Crippen LogP contribution < -0.4 is 10.1 Å². The van der Waals surface area contributed by atoms with Crippen LogP contribution >= 0.6 is 11.3 Å². The first-order valence-corrected chi connectivity index (χ1v) is 14.3. The third kappa shape index (κ3) is 6.04. The van der Waals surface area contributed by atoms with Crippen molar-refractivity contribution in [2.24, 2.45) is 0 Å². The third-order valence-corrected chi connectivity index (χ3v) is 7.90. The zero-order valence-electron chi connectivity index (χ0n) is 22.6. The van der Waals surface area contributed by atoms with Gasteiger partial charge in [0, 0.05) is 68.0 Å². The minimum Gasteiger partial charge on any atom is -0.457 e. The summed E-state index contributed by atoms with van der Waals surface area (Å²) in [5.41, 5.74) is 5.45. The quantitative estimate of drug-likeness (QED) is 0.251. The third-order valence-electron chi connectivity index (χ3n) is 7.10. The minimum atomic E-state index is -0.172. The van der Waals surface area contributed by atoms with Gasteiger partial charge < -0.3 is 15.0 Å². The Labute approximate surface area is 238 Å². The van der Waals surface area contributed by atoms with Gasteiger partial charge in [0.2, 0.25) is 0 Å². The molecule has 0 atom stereocenters. The number of aromatic nitrogens is 2. The lowest BCUT2D eigenvalue weighted by atomic mass is 10.1. The predicted octanol–water partition coefficient (Wildman–Crippen LogP) is 6.46. The SMILES string of the molecule is Cc1cc(CN2CCN(C)CC2)cc(NC(=O)c2cccc(Oc3cc(-c4ccncc4)nc4sccc34)c2)c1. The van der Waals surface area contributed by atoms with E-state index in [0.717, 1.165) is 65.4 Å². The minimum absolute atomic E-state index is 0.172. The largest absolute Gasteiger partial charge is 0.457 e. The fourth-order valence-corrected chi connectivity index (χ4v) is 5.77. The highest BCUT2D eigenvalue weighted by Gasteiger charge is 2.16. The van der Waals surface area contributed by atoms with Crippen molar-refractivity contribution < 1.29 is 9.53 Å². The van der Waals surface area contributed by atoms with Crippen LogP contribution in [0, 0.1) is 6.92 Å². The number of rotatable bonds is 7. The summed E-state index contributed by atoms with van der Waals surface area (Å²) in [6, 6.07) is 21.4. The van der Waals surface area contributed by atoms with Crippen molar-refractivity contribution >= 4 is 33.1 Å². The highest BCUT2D eigenvalue weighted by molar-refractivity contribution is 7.16. The first kappa shape index (κ1) is 26.1. The van der Waals surface area contributed by atoms with Crippen molar-refractivity contribution in [3.05, 3.63) is 101 Å². The molecule has 6 rings (SSSR count). The highest BCUT2D eigenvalue weighted by Crippen LogP contribution is 2.35. The molecule has 7 nitrogen and oxygen atoms in total. The summed E-state index contributed by atoms with van der Waals surface area (Å²) < 4.78 is 6.35. The number of carbonyl (C=O) groups is 1. The zero-order valence-corrected chi connectivity index (χ0v) is 23.4. The van der Waals surface area contributed by atoms with Crippen LogP contribution in [0.2, 0.25) is 0 Å². The number of fused-ring (bicyclic) bond motifs is 1. The van der Waals surface area contributed by atoms with Crippen LogP contribution in [-0.2, 0) is 6.54 Å². The molecule has 0 saturated carbocycles. The number of nitrogens with zero attached hydrogens (tertiary/aromatic N) is 4. The van der Waals surface area contributed by atoms with Crippen LogP contribution in [0.4, 0.5) is 5.69 Å². The summed E-state index contributed by atoms with van der Waals surface area (Å²) >= 11 is 1.57. The van der Waals surface area contributed by atoms with Gasteiger partial charge in [0.1, 0.15) is 16.3 Å². The maximum atomic E-state index is 13.3. The number of carbonyl (C=O) groups excluding carboxylic acids is 1. The van der Waals surface area contributed by atoms with Gasteiger partial charge in [-0.1, -0.05) is 12.1 Å². The van der Waals surface area contributed by atoms with Crippen molar-refractivity contribution in [3.63, 3.8) is 0 Å². The molecule has 0 radical (unpaired) electrons. The molecule has 0 spiro atoms. The molecular formula is C32H31N5O2S. The Morgan fingerprint density at radius 2 is 1.82 bits per heavy atom. The fraction of sp³-hybridized carbons (Fsp3) is 0.219. The molecule has 1 amide bonds. The van der Waals surface area contributed by atoms with Crippen LogP contribution in [0.25, 0.3) is 21.5 Å². The molecule has 40 heavy (non-hydrogen) atoms. The first-order valence-electron chi connectivity index (χ1n) is 13.4. The molecule has 0 unspecified atom stereocenters. The predicted molar refractivity (Wildman–Crippen MR) is 161 cm³/mol. The molecule has 1 aliphatic heterocycles. The molecule has 1 N–H and O–H groups in total. The molecule has 4 heterocycles. The molecule has 8 heteroatoms. The van der Waals surface area contributed by atoms with E-state index in [0.29, 0.717) is 17.1 Å².